The maximum atomic E-state index is 12.3. The summed E-state index contributed by atoms with van der Waals surface area (Å²) in [5.74, 6) is -2.62. The molecule has 0 saturated heterocycles. The summed E-state index contributed by atoms with van der Waals surface area (Å²) < 4.78 is 4.99. The van der Waals surface area contributed by atoms with Crippen molar-refractivity contribution in [2.75, 3.05) is 6.61 Å². The van der Waals surface area contributed by atoms with Gasteiger partial charge in [-0.05, 0) is 30.2 Å². The second-order valence-corrected chi connectivity index (χ2v) is 6.54. The molecule has 29 heavy (non-hydrogen) atoms. The first kappa shape index (κ1) is 21.6. The molecule has 2 aromatic carbocycles. The maximum absolute atomic E-state index is 12.3. The number of benzene rings is 2. The van der Waals surface area contributed by atoms with Gasteiger partial charge in [-0.2, -0.15) is 0 Å². The number of rotatable bonds is 7. The van der Waals surface area contributed by atoms with Gasteiger partial charge in [-0.1, -0.05) is 50.2 Å². The quantitative estimate of drug-likeness (QED) is 0.483. The van der Waals surface area contributed by atoms with Crippen LogP contribution in [0.15, 0.2) is 60.7 Å². The van der Waals surface area contributed by atoms with Gasteiger partial charge in [0.15, 0.2) is 6.61 Å². The first-order valence-electron chi connectivity index (χ1n) is 9.05. The summed E-state index contributed by atoms with van der Waals surface area (Å²) in [6.45, 7) is 2.90. The molecule has 152 valence electrons. The standard InChI is InChI=1S/C21H23N3O5/c1-14(2)18(22-19(26)15-9-5-3-6-10-15)21(28)29-13-17(25)23-24-20(27)16-11-7-4-8-12-16/h3-12,14,18H,13H2,1-2H3,(H,22,26)(H,23,25)(H,24,27). The van der Waals surface area contributed by atoms with Crippen molar-refractivity contribution in [1.29, 1.82) is 0 Å². The molecule has 0 aromatic heterocycles. The van der Waals surface area contributed by atoms with Crippen molar-refractivity contribution in [1.82, 2.24) is 16.2 Å². The Morgan fingerprint density at radius 1 is 0.793 bits per heavy atom. The first-order chi connectivity index (χ1) is 13.9. The Morgan fingerprint density at radius 2 is 1.31 bits per heavy atom. The lowest BCUT2D eigenvalue weighted by atomic mass is 10.0. The highest BCUT2D eigenvalue weighted by molar-refractivity contribution is 5.97. The number of esters is 1. The fraction of sp³-hybridized carbons (Fsp3) is 0.238. The van der Waals surface area contributed by atoms with E-state index in [9.17, 15) is 19.2 Å². The van der Waals surface area contributed by atoms with Crippen molar-refractivity contribution >= 4 is 23.7 Å². The zero-order valence-electron chi connectivity index (χ0n) is 16.2. The van der Waals surface area contributed by atoms with Gasteiger partial charge in [0.05, 0.1) is 0 Å². The number of carbonyl (C=O) groups excluding carboxylic acids is 4. The van der Waals surface area contributed by atoms with Crippen molar-refractivity contribution in [2.24, 2.45) is 5.92 Å². The molecule has 0 aliphatic rings. The van der Waals surface area contributed by atoms with Gasteiger partial charge in [-0.15, -0.1) is 0 Å². The molecular weight excluding hydrogens is 374 g/mol. The Balaban J connectivity index is 1.82. The summed E-state index contributed by atoms with van der Waals surface area (Å²) in [6, 6.07) is 15.8. The molecule has 1 unspecified atom stereocenters. The van der Waals surface area contributed by atoms with Crippen LogP contribution >= 0.6 is 0 Å². The van der Waals surface area contributed by atoms with E-state index < -0.39 is 36.3 Å². The van der Waals surface area contributed by atoms with Gasteiger partial charge < -0.3 is 10.1 Å². The molecule has 0 bridgehead atoms. The van der Waals surface area contributed by atoms with Crippen LogP contribution in [0.2, 0.25) is 0 Å². The second kappa shape index (κ2) is 10.6. The smallest absolute Gasteiger partial charge is 0.329 e. The lowest BCUT2D eigenvalue weighted by molar-refractivity contribution is -0.151. The Hall–Kier alpha value is -3.68. The van der Waals surface area contributed by atoms with E-state index in [0.29, 0.717) is 11.1 Å². The zero-order valence-corrected chi connectivity index (χ0v) is 16.2. The third-order valence-electron chi connectivity index (χ3n) is 3.94. The summed E-state index contributed by atoms with van der Waals surface area (Å²) in [5.41, 5.74) is 5.18. The van der Waals surface area contributed by atoms with Crippen LogP contribution in [0.4, 0.5) is 0 Å². The normalized spacial score (nSPS) is 11.3. The highest BCUT2D eigenvalue weighted by Crippen LogP contribution is 2.07. The molecule has 8 nitrogen and oxygen atoms in total. The van der Waals surface area contributed by atoms with Gasteiger partial charge >= 0.3 is 5.97 Å². The third-order valence-corrected chi connectivity index (χ3v) is 3.94. The fourth-order valence-electron chi connectivity index (χ4n) is 2.36. The van der Waals surface area contributed by atoms with Gasteiger partial charge in [-0.3, -0.25) is 25.2 Å². The van der Waals surface area contributed by atoms with Crippen LogP contribution in [0.1, 0.15) is 34.6 Å². The van der Waals surface area contributed by atoms with Crippen molar-refractivity contribution < 1.29 is 23.9 Å². The topological polar surface area (TPSA) is 114 Å². The first-order valence-corrected chi connectivity index (χ1v) is 9.05. The minimum absolute atomic E-state index is 0.254. The third kappa shape index (κ3) is 6.76. The van der Waals surface area contributed by atoms with Crippen LogP contribution in [0, 0.1) is 5.92 Å². The van der Waals surface area contributed by atoms with E-state index in [4.69, 9.17) is 4.74 Å². The number of hydrazine groups is 1. The number of hydrogen-bond donors (Lipinski definition) is 3. The number of hydrogen-bond acceptors (Lipinski definition) is 5. The molecule has 3 N–H and O–H groups in total. The predicted octanol–water partition coefficient (Wildman–Crippen LogP) is 1.45. The highest BCUT2D eigenvalue weighted by atomic mass is 16.5. The van der Waals surface area contributed by atoms with E-state index in [0.717, 1.165) is 0 Å². The molecule has 0 fully saturated rings. The second-order valence-electron chi connectivity index (χ2n) is 6.54. The minimum Gasteiger partial charge on any atom is -0.454 e. The highest BCUT2D eigenvalue weighted by Gasteiger charge is 2.26. The molecular formula is C21H23N3O5. The van der Waals surface area contributed by atoms with Crippen molar-refractivity contribution in [3.8, 4) is 0 Å². The van der Waals surface area contributed by atoms with E-state index in [1.165, 1.54) is 0 Å². The SMILES string of the molecule is CC(C)C(NC(=O)c1ccccc1)C(=O)OCC(=O)NNC(=O)c1ccccc1. The lowest BCUT2D eigenvalue weighted by Crippen LogP contribution is -2.47. The molecule has 8 heteroatoms. The monoisotopic (exact) mass is 397 g/mol. The van der Waals surface area contributed by atoms with Crippen LogP contribution < -0.4 is 16.2 Å². The summed E-state index contributed by atoms with van der Waals surface area (Å²) >= 11 is 0. The zero-order chi connectivity index (χ0) is 21.2. The Labute approximate surface area is 168 Å². The minimum atomic E-state index is -0.922. The lowest BCUT2D eigenvalue weighted by Gasteiger charge is -2.20. The Morgan fingerprint density at radius 3 is 1.83 bits per heavy atom. The molecule has 2 rings (SSSR count). The number of carbonyl (C=O) groups is 4. The number of nitrogens with one attached hydrogen (secondary N) is 3. The summed E-state index contributed by atoms with van der Waals surface area (Å²) in [4.78, 5) is 48.3. The van der Waals surface area contributed by atoms with Crippen LogP contribution in [0.25, 0.3) is 0 Å². The molecule has 0 saturated carbocycles. The van der Waals surface area contributed by atoms with Gasteiger partial charge in [0.2, 0.25) is 0 Å². The molecule has 1 atom stereocenters. The summed E-state index contributed by atoms with van der Waals surface area (Å²) in [6.07, 6.45) is 0. The average Bonchev–Trinajstić information content (AvgIpc) is 2.74. The van der Waals surface area contributed by atoms with Crippen molar-refractivity contribution in [3.05, 3.63) is 71.8 Å². The van der Waals surface area contributed by atoms with Gasteiger partial charge in [0, 0.05) is 11.1 Å². The molecule has 3 amide bonds. The maximum Gasteiger partial charge on any atom is 0.329 e. The summed E-state index contributed by atoms with van der Waals surface area (Å²) in [7, 11) is 0. The van der Waals surface area contributed by atoms with Crippen LogP contribution in [0.3, 0.4) is 0 Å². The van der Waals surface area contributed by atoms with E-state index in [1.807, 2.05) is 0 Å². The molecule has 2 aromatic rings. The number of ether oxygens (including phenoxy) is 1. The molecule has 0 spiro atoms. The van der Waals surface area contributed by atoms with E-state index in [1.54, 1.807) is 74.5 Å². The van der Waals surface area contributed by atoms with E-state index in [-0.39, 0.29) is 5.92 Å². The fourth-order valence-corrected chi connectivity index (χ4v) is 2.36. The van der Waals surface area contributed by atoms with Gasteiger partial charge in [-0.25, -0.2) is 4.79 Å². The van der Waals surface area contributed by atoms with Crippen LogP contribution in [-0.4, -0.2) is 36.3 Å². The van der Waals surface area contributed by atoms with Crippen LogP contribution in [0.5, 0.6) is 0 Å². The summed E-state index contributed by atoms with van der Waals surface area (Å²) in [5, 5.41) is 2.61. The predicted molar refractivity (Wildman–Crippen MR) is 106 cm³/mol. The Kier molecular flexibility index (Phi) is 7.90. The number of amides is 3. The van der Waals surface area contributed by atoms with E-state index >= 15 is 0 Å². The Bertz CT molecular complexity index is 853. The molecule has 0 radical (unpaired) electrons. The molecule has 0 heterocycles. The molecule has 0 aliphatic carbocycles. The van der Waals surface area contributed by atoms with Gasteiger partial charge in [0.1, 0.15) is 6.04 Å². The van der Waals surface area contributed by atoms with Gasteiger partial charge in [0.25, 0.3) is 17.7 Å². The van der Waals surface area contributed by atoms with E-state index in [2.05, 4.69) is 16.2 Å². The van der Waals surface area contributed by atoms with Crippen molar-refractivity contribution in [3.63, 3.8) is 0 Å². The van der Waals surface area contributed by atoms with Crippen LogP contribution in [-0.2, 0) is 14.3 Å². The average molecular weight is 397 g/mol. The van der Waals surface area contributed by atoms with Crippen molar-refractivity contribution in [2.45, 2.75) is 19.9 Å². The molecule has 0 aliphatic heterocycles. The largest absolute Gasteiger partial charge is 0.454 e.